The summed E-state index contributed by atoms with van der Waals surface area (Å²) in [4.78, 5) is 10.3. The number of hydrogen-bond acceptors (Lipinski definition) is 5. The van der Waals surface area contributed by atoms with E-state index in [2.05, 4.69) is 9.84 Å². The van der Waals surface area contributed by atoms with Crippen LogP contribution in [-0.4, -0.2) is 21.3 Å². The first-order valence-corrected chi connectivity index (χ1v) is 5.89. The lowest BCUT2D eigenvalue weighted by molar-refractivity contribution is -0.384. The fourth-order valence-corrected chi connectivity index (χ4v) is 1.89. The number of halogens is 2. The Balaban J connectivity index is 2.19. The number of alkyl halides is 2. The number of nitro groups is 1. The molecule has 0 unspecified atom stereocenters. The maximum atomic E-state index is 12.0. The Bertz CT molecular complexity index is 655. The average molecular weight is 298 g/mol. The van der Waals surface area contributed by atoms with Crippen molar-refractivity contribution in [2.24, 2.45) is 0 Å². The zero-order chi connectivity index (χ0) is 15.6. The van der Waals surface area contributed by atoms with Crippen LogP contribution >= 0.6 is 0 Å². The number of nitrogens with zero attached hydrogens (tertiary/aromatic N) is 3. The van der Waals surface area contributed by atoms with Crippen molar-refractivity contribution in [3.05, 3.63) is 45.6 Å². The molecule has 0 saturated heterocycles. The number of hydrogen-bond donors (Lipinski definition) is 1. The fraction of sp³-hybridized carbons (Fsp3) is 0.250. The van der Waals surface area contributed by atoms with Crippen molar-refractivity contribution in [1.82, 2.24) is 9.78 Å². The normalized spacial score (nSPS) is 10.9. The highest BCUT2D eigenvalue weighted by Gasteiger charge is 2.22. The molecule has 112 valence electrons. The number of ether oxygens (including phenoxy) is 1. The predicted octanol–water partition coefficient (Wildman–Crippen LogP) is 2.33. The molecule has 2 N–H and O–H groups in total. The number of benzene rings is 1. The Labute approximate surface area is 118 Å². The summed E-state index contributed by atoms with van der Waals surface area (Å²) < 4.78 is 29.6. The minimum absolute atomic E-state index is 0.0318. The molecule has 0 aliphatic rings. The van der Waals surface area contributed by atoms with Crippen LogP contribution < -0.4 is 10.5 Å². The van der Waals surface area contributed by atoms with Crippen LogP contribution in [0.3, 0.4) is 0 Å². The second-order valence-corrected chi connectivity index (χ2v) is 4.26. The molecule has 2 rings (SSSR count). The second kappa shape index (κ2) is 5.73. The summed E-state index contributed by atoms with van der Waals surface area (Å²) in [5.74, 6) is -0.0187. The molecular formula is C12H12F2N4O3. The molecule has 0 atom stereocenters. The maximum absolute atomic E-state index is 12.0. The number of anilines is 1. The number of aromatic nitrogens is 2. The van der Waals surface area contributed by atoms with E-state index in [-0.39, 0.29) is 29.5 Å². The van der Waals surface area contributed by atoms with Gasteiger partial charge >= 0.3 is 12.3 Å². The molecule has 1 heterocycles. The zero-order valence-corrected chi connectivity index (χ0v) is 11.0. The van der Waals surface area contributed by atoms with Gasteiger partial charge in [0.05, 0.1) is 11.5 Å². The van der Waals surface area contributed by atoms with Crippen LogP contribution in [0.5, 0.6) is 5.75 Å². The summed E-state index contributed by atoms with van der Waals surface area (Å²) in [5, 5.41) is 14.8. The van der Waals surface area contributed by atoms with E-state index < -0.39 is 11.5 Å². The number of nitrogen functional groups attached to an aromatic ring is 1. The van der Waals surface area contributed by atoms with Crippen LogP contribution in [-0.2, 0) is 6.54 Å². The van der Waals surface area contributed by atoms with Gasteiger partial charge in [-0.3, -0.25) is 10.1 Å². The van der Waals surface area contributed by atoms with Gasteiger partial charge in [0.25, 0.3) is 0 Å². The fourth-order valence-electron chi connectivity index (χ4n) is 1.89. The van der Waals surface area contributed by atoms with E-state index in [0.717, 1.165) is 0 Å². The summed E-state index contributed by atoms with van der Waals surface area (Å²) in [6.07, 6.45) is 0. The first-order chi connectivity index (χ1) is 9.88. The first kappa shape index (κ1) is 14.7. The first-order valence-electron chi connectivity index (χ1n) is 5.89. The van der Waals surface area contributed by atoms with Crippen molar-refractivity contribution in [2.45, 2.75) is 20.1 Å². The Morgan fingerprint density at radius 1 is 1.43 bits per heavy atom. The largest absolute Gasteiger partial charge is 0.435 e. The SMILES string of the molecule is Cc1nn(Cc2ccc(OC(F)F)cc2)c(N)c1[N+](=O)[O-]. The quantitative estimate of drug-likeness (QED) is 0.675. The summed E-state index contributed by atoms with van der Waals surface area (Å²) in [6.45, 7) is -1.21. The van der Waals surface area contributed by atoms with Gasteiger partial charge in [-0.15, -0.1) is 0 Å². The van der Waals surface area contributed by atoms with E-state index in [1.54, 1.807) is 12.1 Å². The van der Waals surface area contributed by atoms with E-state index in [1.165, 1.54) is 23.7 Å². The standard InChI is InChI=1S/C12H12F2N4O3/c1-7-10(18(19)20)11(15)17(16-7)6-8-2-4-9(5-3-8)21-12(13)14/h2-5,12H,6,15H2,1H3. The summed E-state index contributed by atoms with van der Waals surface area (Å²) in [5.41, 5.74) is 6.37. The third-order valence-electron chi connectivity index (χ3n) is 2.80. The van der Waals surface area contributed by atoms with Crippen molar-refractivity contribution in [3.63, 3.8) is 0 Å². The maximum Gasteiger partial charge on any atom is 0.387 e. The number of rotatable bonds is 5. The smallest absolute Gasteiger partial charge is 0.387 e. The highest BCUT2D eigenvalue weighted by molar-refractivity contribution is 5.56. The Morgan fingerprint density at radius 3 is 2.52 bits per heavy atom. The van der Waals surface area contributed by atoms with Crippen LogP contribution in [0.15, 0.2) is 24.3 Å². The molecule has 0 saturated carbocycles. The molecule has 0 aliphatic heterocycles. The van der Waals surface area contributed by atoms with Gasteiger partial charge in [-0.25, -0.2) is 4.68 Å². The monoisotopic (exact) mass is 298 g/mol. The Hall–Kier alpha value is -2.71. The minimum atomic E-state index is -2.89. The minimum Gasteiger partial charge on any atom is -0.435 e. The van der Waals surface area contributed by atoms with Crippen LogP contribution in [0.4, 0.5) is 20.3 Å². The lowest BCUT2D eigenvalue weighted by atomic mass is 10.2. The lowest BCUT2D eigenvalue weighted by Crippen LogP contribution is -2.07. The Kier molecular flexibility index (Phi) is 4.01. The second-order valence-electron chi connectivity index (χ2n) is 4.26. The highest BCUT2D eigenvalue weighted by atomic mass is 19.3. The highest BCUT2D eigenvalue weighted by Crippen LogP contribution is 2.26. The van der Waals surface area contributed by atoms with Crippen LogP contribution in [0.2, 0.25) is 0 Å². The van der Waals surface area contributed by atoms with E-state index >= 15 is 0 Å². The Morgan fingerprint density at radius 2 is 2.05 bits per heavy atom. The topological polar surface area (TPSA) is 96.2 Å². The summed E-state index contributed by atoms with van der Waals surface area (Å²) >= 11 is 0. The molecule has 0 amide bonds. The van der Waals surface area contributed by atoms with Gasteiger partial charge in [-0.1, -0.05) is 12.1 Å². The van der Waals surface area contributed by atoms with Crippen LogP contribution in [0.1, 0.15) is 11.3 Å². The molecule has 2 aromatic rings. The van der Waals surface area contributed by atoms with E-state index in [4.69, 9.17) is 5.73 Å². The van der Waals surface area contributed by atoms with E-state index in [9.17, 15) is 18.9 Å². The molecule has 9 heteroatoms. The molecule has 0 radical (unpaired) electrons. The van der Waals surface area contributed by atoms with Gasteiger partial charge in [0.1, 0.15) is 11.4 Å². The van der Waals surface area contributed by atoms with Gasteiger partial charge in [-0.2, -0.15) is 13.9 Å². The molecular weight excluding hydrogens is 286 g/mol. The summed E-state index contributed by atoms with van der Waals surface area (Å²) in [6, 6.07) is 5.87. The molecule has 1 aromatic heterocycles. The molecule has 0 fully saturated rings. The number of nitrogens with two attached hydrogens (primary N) is 1. The predicted molar refractivity (Wildman–Crippen MR) is 70.2 cm³/mol. The van der Waals surface area contributed by atoms with Crippen molar-refractivity contribution in [2.75, 3.05) is 5.73 Å². The van der Waals surface area contributed by atoms with Gasteiger partial charge in [0, 0.05) is 0 Å². The zero-order valence-electron chi connectivity index (χ0n) is 11.0. The molecule has 7 nitrogen and oxygen atoms in total. The van der Waals surface area contributed by atoms with Crippen molar-refractivity contribution < 1.29 is 18.4 Å². The number of aryl methyl sites for hydroxylation is 1. The molecule has 1 aromatic carbocycles. The molecule has 21 heavy (non-hydrogen) atoms. The molecule has 0 bridgehead atoms. The van der Waals surface area contributed by atoms with Crippen molar-refractivity contribution in [1.29, 1.82) is 0 Å². The van der Waals surface area contributed by atoms with Gasteiger partial charge < -0.3 is 10.5 Å². The van der Waals surface area contributed by atoms with Crippen LogP contribution in [0, 0.1) is 17.0 Å². The lowest BCUT2D eigenvalue weighted by Gasteiger charge is -2.06. The third kappa shape index (κ3) is 3.25. The average Bonchev–Trinajstić information content (AvgIpc) is 2.66. The van der Waals surface area contributed by atoms with Gasteiger partial charge in [0.15, 0.2) is 0 Å². The van der Waals surface area contributed by atoms with E-state index in [1.807, 2.05) is 0 Å². The van der Waals surface area contributed by atoms with Gasteiger partial charge in [0.2, 0.25) is 5.82 Å². The van der Waals surface area contributed by atoms with Crippen LogP contribution in [0.25, 0.3) is 0 Å². The molecule has 0 aliphatic carbocycles. The summed E-state index contributed by atoms with van der Waals surface area (Å²) in [7, 11) is 0. The van der Waals surface area contributed by atoms with Crippen molar-refractivity contribution >= 4 is 11.5 Å². The third-order valence-corrected chi connectivity index (χ3v) is 2.80. The van der Waals surface area contributed by atoms with Crippen molar-refractivity contribution in [3.8, 4) is 5.75 Å². The van der Waals surface area contributed by atoms with Gasteiger partial charge in [-0.05, 0) is 24.6 Å². The molecule has 0 spiro atoms. The van der Waals surface area contributed by atoms with E-state index in [0.29, 0.717) is 5.56 Å².